The van der Waals surface area contributed by atoms with Gasteiger partial charge in [0.2, 0.25) is 5.91 Å². The number of carbonyl (C=O) groups excluding carboxylic acids is 1. The lowest BCUT2D eigenvalue weighted by atomic mass is 10.2. The van der Waals surface area contributed by atoms with Crippen molar-refractivity contribution in [1.82, 2.24) is 20.2 Å². The Hall–Kier alpha value is -2.29. The van der Waals surface area contributed by atoms with Gasteiger partial charge in [-0.25, -0.2) is 13.1 Å². The molecular weight excluding hydrogens is 294 g/mol. The van der Waals surface area contributed by atoms with E-state index >= 15 is 0 Å². The van der Waals surface area contributed by atoms with E-state index in [1.807, 2.05) is 0 Å². The Balaban J connectivity index is 2.23. The predicted octanol–water partition coefficient (Wildman–Crippen LogP) is 0.249. The highest BCUT2D eigenvalue weighted by atomic mass is 32.2. The van der Waals surface area contributed by atoms with Crippen molar-refractivity contribution >= 4 is 21.4 Å². The van der Waals surface area contributed by atoms with Gasteiger partial charge in [-0.05, 0) is 29.5 Å². The minimum Gasteiger partial charge on any atom is -0.325 e. The van der Waals surface area contributed by atoms with E-state index in [0.717, 1.165) is 6.26 Å². The molecule has 0 fully saturated rings. The lowest BCUT2D eigenvalue weighted by molar-refractivity contribution is -0.115. The summed E-state index contributed by atoms with van der Waals surface area (Å²) in [5.41, 5.74) is 1.20. The van der Waals surface area contributed by atoms with Crippen LogP contribution in [0.25, 0.3) is 11.4 Å². The summed E-state index contributed by atoms with van der Waals surface area (Å²) in [5.74, 6) is -0.0343. The zero-order valence-corrected chi connectivity index (χ0v) is 12.6. The average Bonchev–Trinajstić information content (AvgIpc) is 2.83. The van der Waals surface area contributed by atoms with Crippen molar-refractivity contribution in [2.24, 2.45) is 7.05 Å². The Morgan fingerprint density at radius 3 is 2.67 bits per heavy atom. The van der Waals surface area contributed by atoms with Crippen LogP contribution in [0.2, 0.25) is 0 Å². The van der Waals surface area contributed by atoms with Crippen LogP contribution in [0, 0.1) is 0 Å². The molecule has 8 nitrogen and oxygen atoms in total. The van der Waals surface area contributed by atoms with Crippen LogP contribution in [0.1, 0.15) is 6.92 Å². The quantitative estimate of drug-likeness (QED) is 0.867. The molecule has 2 rings (SSSR count). The Morgan fingerprint density at radius 2 is 2.10 bits per heavy atom. The summed E-state index contributed by atoms with van der Waals surface area (Å²) in [6, 6.07) is 6.87. The molecular formula is C12H15N5O3S. The number of aryl methyl sites for hydroxylation is 1. The normalized spacial score (nSPS) is 12.9. The average molecular weight is 309 g/mol. The highest BCUT2D eigenvalue weighted by molar-refractivity contribution is 7.92. The molecule has 1 amide bonds. The van der Waals surface area contributed by atoms with E-state index in [4.69, 9.17) is 0 Å². The first kappa shape index (κ1) is 15.1. The number of aromatic nitrogens is 4. The summed E-state index contributed by atoms with van der Waals surface area (Å²) in [4.78, 5) is 11.9. The number of carbonyl (C=O) groups is 1. The first-order chi connectivity index (χ1) is 9.79. The third-order valence-corrected chi connectivity index (χ3v) is 4.52. The monoisotopic (exact) mass is 309 g/mol. The number of anilines is 1. The number of amides is 1. The van der Waals surface area contributed by atoms with Gasteiger partial charge in [0.15, 0.2) is 15.7 Å². The standard InChI is InChI=1S/C12H15N5O3S/c1-8(21(3,19)20)12(18)13-10-6-4-5-9(7-10)11-14-15-16-17(11)2/h4-8H,1-3H3,(H,13,18). The molecule has 9 heteroatoms. The number of hydrogen-bond acceptors (Lipinski definition) is 6. The number of sulfone groups is 1. The molecule has 0 aliphatic rings. The van der Waals surface area contributed by atoms with Crippen LogP contribution in [-0.4, -0.2) is 46.0 Å². The molecule has 1 unspecified atom stereocenters. The van der Waals surface area contributed by atoms with Crippen LogP contribution >= 0.6 is 0 Å². The Kier molecular flexibility index (Phi) is 4.03. The minimum absolute atomic E-state index is 0.482. The number of benzene rings is 1. The molecule has 0 aliphatic heterocycles. The van der Waals surface area contributed by atoms with Crippen LogP contribution in [0.15, 0.2) is 24.3 Å². The SMILES string of the molecule is CC(C(=O)Nc1cccc(-c2nnnn2C)c1)S(C)(=O)=O. The molecule has 0 aliphatic carbocycles. The van der Waals surface area contributed by atoms with Crippen LogP contribution in [0.3, 0.4) is 0 Å². The summed E-state index contributed by atoms with van der Waals surface area (Å²) in [6.07, 6.45) is 1.03. The highest BCUT2D eigenvalue weighted by Crippen LogP contribution is 2.19. The number of rotatable bonds is 4. The molecule has 0 bridgehead atoms. The van der Waals surface area contributed by atoms with Crippen molar-refractivity contribution in [3.05, 3.63) is 24.3 Å². The maximum absolute atomic E-state index is 11.9. The summed E-state index contributed by atoms with van der Waals surface area (Å²) in [5, 5.41) is 12.6. The maximum Gasteiger partial charge on any atom is 0.242 e. The van der Waals surface area contributed by atoms with Crippen LogP contribution in [0.5, 0.6) is 0 Å². The summed E-state index contributed by atoms with van der Waals surface area (Å²) >= 11 is 0. The van der Waals surface area contributed by atoms with E-state index in [1.165, 1.54) is 11.6 Å². The van der Waals surface area contributed by atoms with Crippen LogP contribution in [-0.2, 0) is 21.7 Å². The van der Waals surface area contributed by atoms with Crippen LogP contribution in [0.4, 0.5) is 5.69 Å². The molecule has 0 spiro atoms. The van der Waals surface area contributed by atoms with Gasteiger partial charge in [-0.3, -0.25) is 4.79 Å². The Bertz CT molecular complexity index is 769. The minimum atomic E-state index is -3.43. The summed E-state index contributed by atoms with van der Waals surface area (Å²) < 4.78 is 24.2. The maximum atomic E-state index is 11.9. The molecule has 0 radical (unpaired) electrons. The van der Waals surface area contributed by atoms with Crippen molar-refractivity contribution in [3.8, 4) is 11.4 Å². The van der Waals surface area contributed by atoms with E-state index in [1.54, 1.807) is 31.3 Å². The number of nitrogens with zero attached hydrogens (tertiary/aromatic N) is 4. The van der Waals surface area contributed by atoms with Crippen molar-refractivity contribution in [3.63, 3.8) is 0 Å². The third kappa shape index (κ3) is 3.43. The second kappa shape index (κ2) is 5.60. The topological polar surface area (TPSA) is 107 Å². The summed E-state index contributed by atoms with van der Waals surface area (Å²) in [6.45, 7) is 1.35. The van der Waals surface area contributed by atoms with Gasteiger partial charge in [0, 0.05) is 24.6 Å². The van der Waals surface area contributed by atoms with Gasteiger partial charge in [-0.15, -0.1) is 5.10 Å². The Morgan fingerprint density at radius 1 is 1.38 bits per heavy atom. The molecule has 1 aromatic carbocycles. The number of nitrogens with one attached hydrogen (secondary N) is 1. The zero-order valence-electron chi connectivity index (χ0n) is 11.8. The molecule has 1 atom stereocenters. The fraction of sp³-hybridized carbons (Fsp3) is 0.333. The van der Waals surface area contributed by atoms with Crippen molar-refractivity contribution in [2.75, 3.05) is 11.6 Å². The van der Waals surface area contributed by atoms with Crippen molar-refractivity contribution in [1.29, 1.82) is 0 Å². The molecule has 0 saturated heterocycles. The first-order valence-corrected chi connectivity index (χ1v) is 8.07. The largest absolute Gasteiger partial charge is 0.325 e. The molecule has 1 N–H and O–H groups in total. The fourth-order valence-electron chi connectivity index (χ4n) is 1.65. The third-order valence-electron chi connectivity index (χ3n) is 3.02. The molecule has 112 valence electrons. The predicted molar refractivity (Wildman–Crippen MR) is 77.2 cm³/mol. The van der Waals surface area contributed by atoms with E-state index in [0.29, 0.717) is 17.1 Å². The molecule has 1 heterocycles. The van der Waals surface area contributed by atoms with Crippen molar-refractivity contribution in [2.45, 2.75) is 12.2 Å². The number of hydrogen-bond donors (Lipinski definition) is 1. The van der Waals surface area contributed by atoms with E-state index in [9.17, 15) is 13.2 Å². The lowest BCUT2D eigenvalue weighted by Crippen LogP contribution is -2.31. The smallest absolute Gasteiger partial charge is 0.242 e. The van der Waals surface area contributed by atoms with Gasteiger partial charge in [-0.1, -0.05) is 12.1 Å². The van der Waals surface area contributed by atoms with E-state index in [-0.39, 0.29) is 0 Å². The van der Waals surface area contributed by atoms with Gasteiger partial charge in [0.25, 0.3) is 0 Å². The molecule has 1 aromatic heterocycles. The highest BCUT2D eigenvalue weighted by Gasteiger charge is 2.23. The Labute approximate surface area is 122 Å². The van der Waals surface area contributed by atoms with Gasteiger partial charge in [0.1, 0.15) is 5.25 Å². The van der Waals surface area contributed by atoms with E-state index in [2.05, 4.69) is 20.8 Å². The number of tetrazole rings is 1. The molecule has 2 aromatic rings. The molecule has 21 heavy (non-hydrogen) atoms. The van der Waals surface area contributed by atoms with Gasteiger partial charge < -0.3 is 5.32 Å². The van der Waals surface area contributed by atoms with Gasteiger partial charge >= 0.3 is 0 Å². The second-order valence-corrected chi connectivity index (χ2v) is 7.03. The second-order valence-electron chi connectivity index (χ2n) is 4.67. The first-order valence-electron chi connectivity index (χ1n) is 6.11. The zero-order chi connectivity index (χ0) is 15.6. The lowest BCUT2D eigenvalue weighted by Gasteiger charge is -2.11. The van der Waals surface area contributed by atoms with Crippen LogP contribution < -0.4 is 5.32 Å². The summed E-state index contributed by atoms with van der Waals surface area (Å²) in [7, 11) is -1.73. The molecule has 0 saturated carbocycles. The van der Waals surface area contributed by atoms with Crippen molar-refractivity contribution < 1.29 is 13.2 Å². The van der Waals surface area contributed by atoms with Gasteiger partial charge in [-0.2, -0.15) is 0 Å². The van der Waals surface area contributed by atoms with Gasteiger partial charge in [0.05, 0.1) is 0 Å². The van der Waals surface area contributed by atoms with E-state index < -0.39 is 21.0 Å². The fourth-order valence-corrected chi connectivity index (χ4v) is 2.10.